The summed E-state index contributed by atoms with van der Waals surface area (Å²) in [6, 6.07) is 0. The van der Waals surface area contributed by atoms with Crippen molar-refractivity contribution < 1.29 is 19.7 Å². The molecular formula is C14H18Cl2O4. The van der Waals surface area contributed by atoms with E-state index in [0.29, 0.717) is 12.0 Å². The molecule has 0 saturated carbocycles. The lowest BCUT2D eigenvalue weighted by Gasteiger charge is -2.15. The Labute approximate surface area is 128 Å². The third-order valence-electron chi connectivity index (χ3n) is 2.94. The van der Waals surface area contributed by atoms with Crippen molar-refractivity contribution in [2.45, 2.75) is 39.5 Å². The number of ether oxygens (including phenoxy) is 1. The third-order valence-corrected chi connectivity index (χ3v) is 3.70. The van der Waals surface area contributed by atoms with Crippen molar-refractivity contribution in [3.63, 3.8) is 0 Å². The first-order valence-corrected chi connectivity index (χ1v) is 7.30. The maximum absolute atomic E-state index is 12.0. The van der Waals surface area contributed by atoms with Crippen LogP contribution in [0.4, 0.5) is 0 Å². The molecule has 112 valence electrons. The number of hydrogen-bond acceptors (Lipinski definition) is 4. The second kappa shape index (κ2) is 7.60. The van der Waals surface area contributed by atoms with Gasteiger partial charge >= 0.3 is 5.97 Å². The fourth-order valence-electron chi connectivity index (χ4n) is 1.92. The van der Waals surface area contributed by atoms with Crippen LogP contribution in [0.5, 0.6) is 11.5 Å². The molecule has 0 radical (unpaired) electrons. The number of carbonyl (C=O) groups excluding carboxylic acids is 1. The van der Waals surface area contributed by atoms with Gasteiger partial charge in [0.1, 0.15) is 10.6 Å². The van der Waals surface area contributed by atoms with Crippen molar-refractivity contribution in [3.8, 4) is 11.5 Å². The Kier molecular flexibility index (Phi) is 6.43. The number of halogens is 2. The van der Waals surface area contributed by atoms with Crippen molar-refractivity contribution in [2.75, 3.05) is 6.61 Å². The van der Waals surface area contributed by atoms with E-state index in [1.807, 2.05) is 6.92 Å². The molecule has 0 fully saturated rings. The van der Waals surface area contributed by atoms with Gasteiger partial charge in [-0.05, 0) is 25.3 Å². The number of rotatable bonds is 6. The summed E-state index contributed by atoms with van der Waals surface area (Å²) < 4.78 is 4.91. The minimum atomic E-state index is -0.694. The molecule has 1 aromatic carbocycles. The van der Waals surface area contributed by atoms with Gasteiger partial charge in [0, 0.05) is 0 Å². The lowest BCUT2D eigenvalue weighted by atomic mass is 9.99. The van der Waals surface area contributed by atoms with E-state index in [1.54, 1.807) is 6.92 Å². The summed E-state index contributed by atoms with van der Waals surface area (Å²) in [6.45, 7) is 3.88. The molecular weight excluding hydrogens is 303 g/mol. The number of phenolic OH excluding ortho intramolecular Hbond substituents is 2. The van der Waals surface area contributed by atoms with Crippen LogP contribution in [0.3, 0.4) is 0 Å². The maximum Gasteiger partial charge on any atom is 0.342 e. The van der Waals surface area contributed by atoms with E-state index < -0.39 is 17.5 Å². The van der Waals surface area contributed by atoms with Gasteiger partial charge in [0.05, 0.1) is 11.6 Å². The van der Waals surface area contributed by atoms with E-state index in [9.17, 15) is 15.0 Å². The molecule has 0 amide bonds. The highest BCUT2D eigenvalue weighted by molar-refractivity contribution is 6.39. The van der Waals surface area contributed by atoms with Crippen LogP contribution in [-0.2, 0) is 11.2 Å². The number of benzene rings is 1. The van der Waals surface area contributed by atoms with Crippen molar-refractivity contribution in [1.82, 2.24) is 0 Å². The van der Waals surface area contributed by atoms with E-state index in [4.69, 9.17) is 27.9 Å². The standard InChI is InChI=1S/C14H18Cl2O4/c1-3-5-6-7-8-9(14(19)20-4-2)12(17)11(16)13(18)10(8)15/h17-18H,3-7H2,1-2H3. The highest BCUT2D eigenvalue weighted by Crippen LogP contribution is 2.44. The van der Waals surface area contributed by atoms with E-state index in [2.05, 4.69) is 0 Å². The van der Waals surface area contributed by atoms with Crippen LogP contribution in [0.15, 0.2) is 0 Å². The predicted octanol–water partition coefficient (Wildman–Crippen LogP) is 4.31. The molecule has 0 aliphatic rings. The van der Waals surface area contributed by atoms with E-state index in [-0.39, 0.29) is 22.2 Å². The minimum Gasteiger partial charge on any atom is -0.505 e. The molecule has 1 rings (SSSR count). The first-order chi connectivity index (χ1) is 9.45. The number of unbranched alkanes of at least 4 members (excludes halogenated alkanes) is 2. The Morgan fingerprint density at radius 1 is 1.10 bits per heavy atom. The zero-order valence-corrected chi connectivity index (χ0v) is 13.0. The first-order valence-electron chi connectivity index (χ1n) is 6.54. The van der Waals surface area contributed by atoms with Crippen molar-refractivity contribution >= 4 is 29.2 Å². The predicted molar refractivity (Wildman–Crippen MR) is 79.0 cm³/mol. The topological polar surface area (TPSA) is 66.8 Å². The summed E-state index contributed by atoms with van der Waals surface area (Å²) in [5.74, 6) is -1.59. The Bertz CT molecular complexity index is 501. The Balaban J connectivity index is 3.32. The second-order valence-corrected chi connectivity index (χ2v) is 5.11. The summed E-state index contributed by atoms with van der Waals surface area (Å²) in [5, 5.41) is 19.4. The van der Waals surface area contributed by atoms with Gasteiger partial charge < -0.3 is 14.9 Å². The smallest absolute Gasteiger partial charge is 0.342 e. The molecule has 6 heteroatoms. The van der Waals surface area contributed by atoms with Crippen molar-refractivity contribution in [3.05, 3.63) is 21.2 Å². The quantitative estimate of drug-likeness (QED) is 0.605. The monoisotopic (exact) mass is 320 g/mol. The van der Waals surface area contributed by atoms with Gasteiger partial charge in [-0.15, -0.1) is 0 Å². The average molecular weight is 321 g/mol. The Hall–Kier alpha value is -1.13. The van der Waals surface area contributed by atoms with Gasteiger partial charge in [0.25, 0.3) is 0 Å². The summed E-state index contributed by atoms with van der Waals surface area (Å²) in [4.78, 5) is 12.0. The SMILES string of the molecule is CCCCCc1c(Cl)c(O)c(Cl)c(O)c1C(=O)OCC. The molecule has 2 N–H and O–H groups in total. The zero-order valence-electron chi connectivity index (χ0n) is 11.5. The summed E-state index contributed by atoms with van der Waals surface area (Å²) >= 11 is 11.8. The number of phenols is 2. The fourth-order valence-corrected chi connectivity index (χ4v) is 2.44. The summed E-state index contributed by atoms with van der Waals surface area (Å²) in [7, 11) is 0. The van der Waals surface area contributed by atoms with Crippen LogP contribution < -0.4 is 0 Å². The van der Waals surface area contributed by atoms with Gasteiger partial charge in [0.15, 0.2) is 11.5 Å². The number of esters is 1. The fraction of sp³-hybridized carbons (Fsp3) is 0.500. The molecule has 0 aromatic heterocycles. The van der Waals surface area contributed by atoms with Crippen LogP contribution in [0, 0.1) is 0 Å². The van der Waals surface area contributed by atoms with E-state index in [1.165, 1.54) is 0 Å². The van der Waals surface area contributed by atoms with Gasteiger partial charge in [-0.2, -0.15) is 0 Å². The van der Waals surface area contributed by atoms with Crippen LogP contribution >= 0.6 is 23.2 Å². The third kappa shape index (κ3) is 3.49. The highest BCUT2D eigenvalue weighted by Gasteiger charge is 2.26. The minimum absolute atomic E-state index is 0.00745. The summed E-state index contributed by atoms with van der Waals surface area (Å²) in [6.07, 6.45) is 3.18. The molecule has 4 nitrogen and oxygen atoms in total. The molecule has 0 spiro atoms. The Morgan fingerprint density at radius 3 is 2.30 bits per heavy atom. The largest absolute Gasteiger partial charge is 0.505 e. The zero-order chi connectivity index (χ0) is 15.3. The molecule has 1 aromatic rings. The van der Waals surface area contributed by atoms with Crippen LogP contribution in [0.1, 0.15) is 49.0 Å². The van der Waals surface area contributed by atoms with Crippen molar-refractivity contribution in [1.29, 1.82) is 0 Å². The normalized spacial score (nSPS) is 10.6. The molecule has 0 saturated heterocycles. The van der Waals surface area contributed by atoms with E-state index >= 15 is 0 Å². The highest BCUT2D eigenvalue weighted by atomic mass is 35.5. The first kappa shape index (κ1) is 16.9. The lowest BCUT2D eigenvalue weighted by molar-refractivity contribution is 0.0521. The number of aromatic hydroxyl groups is 2. The van der Waals surface area contributed by atoms with Crippen LogP contribution in [0.2, 0.25) is 10.0 Å². The summed E-state index contributed by atoms with van der Waals surface area (Å²) in [5.41, 5.74) is 0.314. The lowest BCUT2D eigenvalue weighted by Crippen LogP contribution is -2.10. The van der Waals surface area contributed by atoms with Crippen molar-refractivity contribution in [2.24, 2.45) is 0 Å². The van der Waals surface area contributed by atoms with Gasteiger partial charge in [-0.3, -0.25) is 0 Å². The van der Waals surface area contributed by atoms with Gasteiger partial charge in [0.2, 0.25) is 0 Å². The van der Waals surface area contributed by atoms with Gasteiger partial charge in [-0.25, -0.2) is 4.79 Å². The van der Waals surface area contributed by atoms with E-state index in [0.717, 1.165) is 19.3 Å². The molecule has 0 bridgehead atoms. The number of carbonyl (C=O) groups is 1. The molecule has 20 heavy (non-hydrogen) atoms. The maximum atomic E-state index is 12.0. The molecule has 0 aliphatic heterocycles. The second-order valence-electron chi connectivity index (χ2n) is 4.36. The molecule has 0 unspecified atom stereocenters. The van der Waals surface area contributed by atoms with Gasteiger partial charge in [-0.1, -0.05) is 43.0 Å². The molecule has 0 heterocycles. The van der Waals surface area contributed by atoms with Crippen LogP contribution in [0.25, 0.3) is 0 Å². The Morgan fingerprint density at radius 2 is 1.75 bits per heavy atom. The number of hydrogen-bond donors (Lipinski definition) is 2. The molecule has 0 atom stereocenters. The average Bonchev–Trinajstić information content (AvgIpc) is 2.42. The molecule has 0 aliphatic carbocycles. The van der Waals surface area contributed by atoms with Crippen LogP contribution in [-0.4, -0.2) is 22.8 Å².